The topological polar surface area (TPSA) is 80.4 Å². The van der Waals surface area contributed by atoms with Gasteiger partial charge >= 0.3 is 5.97 Å². The third-order valence-corrected chi connectivity index (χ3v) is 3.72. The van der Waals surface area contributed by atoms with Gasteiger partial charge in [-0.05, 0) is 24.3 Å². The highest BCUT2D eigenvalue weighted by Crippen LogP contribution is 2.24. The highest BCUT2D eigenvalue weighted by molar-refractivity contribution is 5.95. The van der Waals surface area contributed by atoms with E-state index in [1.165, 1.54) is 0 Å². The number of fused-ring (bicyclic) bond motifs is 1. The van der Waals surface area contributed by atoms with Crippen molar-refractivity contribution < 1.29 is 9.90 Å². The fourth-order valence-electron chi connectivity index (χ4n) is 2.58. The van der Waals surface area contributed by atoms with Gasteiger partial charge in [-0.1, -0.05) is 30.3 Å². The molecule has 3 aromatic heterocycles. The summed E-state index contributed by atoms with van der Waals surface area (Å²) in [6, 6.07) is 16.4. The fraction of sp³-hybridized carbons (Fsp3) is 0. The van der Waals surface area contributed by atoms with Gasteiger partial charge < -0.3 is 5.11 Å². The molecular weight excluding hydrogens is 304 g/mol. The number of nitrogens with zero attached hydrogens (tertiary/aromatic N) is 4. The van der Waals surface area contributed by atoms with Crippen LogP contribution in [0.1, 0.15) is 10.4 Å². The molecule has 6 heteroatoms. The maximum Gasteiger partial charge on any atom is 0.339 e. The van der Waals surface area contributed by atoms with Gasteiger partial charge in [-0.25, -0.2) is 14.3 Å². The summed E-state index contributed by atoms with van der Waals surface area (Å²) >= 11 is 0. The molecule has 0 aliphatic rings. The van der Waals surface area contributed by atoms with Crippen LogP contribution in [-0.2, 0) is 0 Å². The lowest BCUT2D eigenvalue weighted by Crippen LogP contribution is -2.03. The fourth-order valence-corrected chi connectivity index (χ4v) is 2.58. The molecule has 0 atom stereocenters. The average molecular weight is 316 g/mol. The van der Waals surface area contributed by atoms with Crippen molar-refractivity contribution in [3.05, 3.63) is 72.6 Å². The molecule has 0 radical (unpaired) electrons. The Labute approximate surface area is 137 Å². The van der Waals surface area contributed by atoms with Gasteiger partial charge in [0.15, 0.2) is 11.5 Å². The number of carbonyl (C=O) groups is 1. The van der Waals surface area contributed by atoms with Crippen LogP contribution in [0.4, 0.5) is 0 Å². The number of benzene rings is 1. The highest BCUT2D eigenvalue weighted by atomic mass is 16.4. The van der Waals surface area contributed by atoms with E-state index < -0.39 is 5.97 Å². The summed E-state index contributed by atoms with van der Waals surface area (Å²) in [5.41, 5.74) is 2.90. The quantitative estimate of drug-likeness (QED) is 0.628. The Morgan fingerprint density at radius 2 is 1.67 bits per heavy atom. The third kappa shape index (κ3) is 2.30. The molecule has 0 saturated carbocycles. The number of carboxylic acids is 1. The normalized spacial score (nSPS) is 10.8. The van der Waals surface area contributed by atoms with E-state index >= 15 is 0 Å². The van der Waals surface area contributed by atoms with Crippen LogP contribution < -0.4 is 0 Å². The molecule has 0 saturated heterocycles. The monoisotopic (exact) mass is 316 g/mol. The van der Waals surface area contributed by atoms with Crippen molar-refractivity contribution in [2.45, 2.75) is 0 Å². The number of pyridine rings is 2. The van der Waals surface area contributed by atoms with Gasteiger partial charge in [0.2, 0.25) is 0 Å². The summed E-state index contributed by atoms with van der Waals surface area (Å²) < 4.78 is 1.57. The first-order valence-corrected chi connectivity index (χ1v) is 7.33. The zero-order valence-electron chi connectivity index (χ0n) is 12.5. The van der Waals surface area contributed by atoms with E-state index in [9.17, 15) is 9.90 Å². The van der Waals surface area contributed by atoms with Gasteiger partial charge in [0, 0.05) is 23.5 Å². The summed E-state index contributed by atoms with van der Waals surface area (Å²) in [5, 5.41) is 14.0. The second kappa shape index (κ2) is 5.58. The van der Waals surface area contributed by atoms with Crippen LogP contribution in [0.5, 0.6) is 0 Å². The molecule has 3 heterocycles. The van der Waals surface area contributed by atoms with Crippen LogP contribution in [0.2, 0.25) is 0 Å². The lowest BCUT2D eigenvalue weighted by atomic mass is 10.1. The summed E-state index contributed by atoms with van der Waals surface area (Å²) in [6.07, 6.45) is 3.36. The Hall–Kier alpha value is -3.54. The predicted octanol–water partition coefficient (Wildman–Crippen LogP) is 3.16. The Morgan fingerprint density at radius 3 is 2.38 bits per heavy atom. The van der Waals surface area contributed by atoms with E-state index in [-0.39, 0.29) is 5.56 Å². The molecule has 0 unspecified atom stereocenters. The number of aromatic carboxylic acids is 1. The van der Waals surface area contributed by atoms with Crippen molar-refractivity contribution in [1.29, 1.82) is 0 Å². The SMILES string of the molecule is O=C(O)c1ccc(-c2ccncc2)n2nc(-c3ccccc3)nc12. The Bertz CT molecular complexity index is 1030. The molecule has 1 N–H and O–H groups in total. The van der Waals surface area contributed by atoms with E-state index in [0.29, 0.717) is 11.5 Å². The highest BCUT2D eigenvalue weighted by Gasteiger charge is 2.17. The van der Waals surface area contributed by atoms with E-state index in [2.05, 4.69) is 15.1 Å². The van der Waals surface area contributed by atoms with Gasteiger partial charge in [-0.2, -0.15) is 0 Å². The van der Waals surface area contributed by atoms with Crippen molar-refractivity contribution in [2.75, 3.05) is 0 Å². The molecule has 0 aliphatic carbocycles. The standard InChI is InChI=1S/C18H12N4O2/c23-18(24)14-6-7-15(12-8-10-19-11-9-12)22-17(14)20-16(21-22)13-4-2-1-3-5-13/h1-11H,(H,23,24). The number of carboxylic acid groups (broad SMARTS) is 1. The third-order valence-electron chi connectivity index (χ3n) is 3.72. The second-order valence-electron chi connectivity index (χ2n) is 5.21. The molecule has 24 heavy (non-hydrogen) atoms. The number of aromatic nitrogens is 4. The van der Waals surface area contributed by atoms with Gasteiger partial charge in [0.05, 0.1) is 5.69 Å². The van der Waals surface area contributed by atoms with Gasteiger partial charge in [-0.15, -0.1) is 5.10 Å². The summed E-state index contributed by atoms with van der Waals surface area (Å²) in [4.78, 5) is 20.0. The number of hydrogen-bond donors (Lipinski definition) is 1. The second-order valence-corrected chi connectivity index (χ2v) is 5.21. The predicted molar refractivity (Wildman–Crippen MR) is 88.6 cm³/mol. The van der Waals surface area contributed by atoms with Crippen molar-refractivity contribution >= 4 is 11.6 Å². The molecule has 0 amide bonds. The van der Waals surface area contributed by atoms with Crippen molar-refractivity contribution in [1.82, 2.24) is 19.6 Å². The van der Waals surface area contributed by atoms with E-state index in [0.717, 1.165) is 16.8 Å². The first kappa shape index (κ1) is 14.1. The molecule has 1 aromatic carbocycles. The van der Waals surface area contributed by atoms with E-state index in [1.54, 1.807) is 29.0 Å². The number of rotatable bonds is 3. The lowest BCUT2D eigenvalue weighted by molar-refractivity contribution is 0.0698. The van der Waals surface area contributed by atoms with E-state index in [4.69, 9.17) is 0 Å². The molecule has 0 spiro atoms. The summed E-state index contributed by atoms with van der Waals surface area (Å²) in [7, 11) is 0. The van der Waals surface area contributed by atoms with Crippen LogP contribution in [0, 0.1) is 0 Å². The molecule has 0 fully saturated rings. The van der Waals surface area contributed by atoms with Crippen LogP contribution in [0.25, 0.3) is 28.3 Å². The van der Waals surface area contributed by atoms with Crippen LogP contribution in [0.3, 0.4) is 0 Å². The van der Waals surface area contributed by atoms with Crippen LogP contribution in [0.15, 0.2) is 67.0 Å². The minimum absolute atomic E-state index is 0.113. The van der Waals surface area contributed by atoms with Crippen LogP contribution >= 0.6 is 0 Å². The molecule has 6 nitrogen and oxygen atoms in total. The minimum Gasteiger partial charge on any atom is -0.478 e. The minimum atomic E-state index is -1.03. The van der Waals surface area contributed by atoms with Gasteiger partial charge in [0.1, 0.15) is 5.56 Å². The first-order chi connectivity index (χ1) is 11.7. The van der Waals surface area contributed by atoms with Gasteiger partial charge in [-0.3, -0.25) is 4.98 Å². The van der Waals surface area contributed by atoms with Crippen molar-refractivity contribution in [3.8, 4) is 22.6 Å². The summed E-state index contributed by atoms with van der Waals surface area (Å²) in [5.74, 6) is -0.548. The Morgan fingerprint density at radius 1 is 0.917 bits per heavy atom. The molecule has 116 valence electrons. The number of hydrogen-bond acceptors (Lipinski definition) is 4. The van der Waals surface area contributed by atoms with Crippen molar-refractivity contribution in [2.24, 2.45) is 0 Å². The smallest absolute Gasteiger partial charge is 0.339 e. The molecule has 0 aliphatic heterocycles. The Balaban J connectivity index is 2.01. The molecule has 4 aromatic rings. The zero-order chi connectivity index (χ0) is 16.5. The summed E-state index contributed by atoms with van der Waals surface area (Å²) in [6.45, 7) is 0. The average Bonchev–Trinajstić information content (AvgIpc) is 3.07. The Kier molecular flexibility index (Phi) is 3.28. The first-order valence-electron chi connectivity index (χ1n) is 7.33. The van der Waals surface area contributed by atoms with Crippen molar-refractivity contribution in [3.63, 3.8) is 0 Å². The van der Waals surface area contributed by atoms with E-state index in [1.807, 2.05) is 42.5 Å². The zero-order valence-corrected chi connectivity index (χ0v) is 12.5. The maximum atomic E-state index is 11.5. The molecule has 0 bridgehead atoms. The largest absolute Gasteiger partial charge is 0.478 e. The van der Waals surface area contributed by atoms with Gasteiger partial charge in [0.25, 0.3) is 0 Å². The lowest BCUT2D eigenvalue weighted by Gasteiger charge is -2.05. The molecular formula is C18H12N4O2. The van der Waals surface area contributed by atoms with Crippen LogP contribution in [-0.4, -0.2) is 30.7 Å². The molecule has 4 rings (SSSR count). The maximum absolute atomic E-state index is 11.5.